The summed E-state index contributed by atoms with van der Waals surface area (Å²) in [6, 6.07) is 17.3. The third-order valence-corrected chi connectivity index (χ3v) is 4.30. The molecule has 2 aromatic carbocycles. The first-order valence-corrected chi connectivity index (χ1v) is 7.99. The Hall–Kier alpha value is -2.81. The molecule has 0 aliphatic rings. The molecule has 4 rings (SSSR count). The zero-order valence-electron chi connectivity index (χ0n) is 13.9. The Bertz CT molecular complexity index is 1070. The van der Waals surface area contributed by atoms with Gasteiger partial charge in [0.2, 0.25) is 0 Å². The highest BCUT2D eigenvalue weighted by atomic mass is 16.4. The molecular weight excluding hydrogens is 300 g/mol. The SMILES string of the molecule is CC(C)(C)c1ccc2oc(=O)cc(-c3cc4ccccc4o3)c2c1. The highest BCUT2D eigenvalue weighted by Gasteiger charge is 2.17. The van der Waals surface area contributed by atoms with Crippen molar-refractivity contribution >= 4 is 21.9 Å². The molecule has 120 valence electrons. The molecule has 3 nitrogen and oxygen atoms in total. The number of hydrogen-bond acceptors (Lipinski definition) is 3. The standard InChI is InChI=1S/C21H18O3/c1-21(2,3)14-8-9-18-15(11-14)16(12-20(22)24-18)19-10-13-6-4-5-7-17(13)23-19/h4-12H,1-3H3. The second-order valence-corrected chi connectivity index (χ2v) is 7.09. The lowest BCUT2D eigenvalue weighted by Crippen LogP contribution is -2.11. The molecule has 2 heterocycles. The van der Waals surface area contributed by atoms with Crippen LogP contribution in [0.1, 0.15) is 26.3 Å². The number of fused-ring (bicyclic) bond motifs is 2. The van der Waals surface area contributed by atoms with Gasteiger partial charge in [-0.25, -0.2) is 4.79 Å². The van der Waals surface area contributed by atoms with Crippen molar-refractivity contribution in [3.63, 3.8) is 0 Å². The monoisotopic (exact) mass is 318 g/mol. The van der Waals surface area contributed by atoms with E-state index in [0.717, 1.165) is 21.9 Å². The fourth-order valence-corrected chi connectivity index (χ4v) is 2.95. The van der Waals surface area contributed by atoms with Crippen LogP contribution in [0.3, 0.4) is 0 Å². The summed E-state index contributed by atoms with van der Waals surface area (Å²) in [6.07, 6.45) is 0. The van der Waals surface area contributed by atoms with Crippen LogP contribution in [0.25, 0.3) is 33.3 Å². The largest absolute Gasteiger partial charge is 0.456 e. The minimum absolute atomic E-state index is 0.00940. The Balaban J connectivity index is 2.04. The normalized spacial score (nSPS) is 12.1. The number of para-hydroxylation sites is 1. The summed E-state index contributed by atoms with van der Waals surface area (Å²) in [5, 5.41) is 1.90. The molecular formula is C21H18O3. The molecule has 0 saturated heterocycles. The third-order valence-electron chi connectivity index (χ3n) is 4.30. The average Bonchev–Trinajstić information content (AvgIpc) is 2.96. The van der Waals surface area contributed by atoms with Crippen LogP contribution in [0.4, 0.5) is 0 Å². The first kappa shape index (κ1) is 14.8. The Labute approximate surface area is 139 Å². The van der Waals surface area contributed by atoms with E-state index in [2.05, 4.69) is 26.8 Å². The van der Waals surface area contributed by atoms with Crippen LogP contribution in [0, 0.1) is 0 Å². The quantitative estimate of drug-likeness (QED) is 0.435. The number of furan rings is 1. The van der Waals surface area contributed by atoms with E-state index in [1.807, 2.05) is 42.5 Å². The molecule has 0 spiro atoms. The molecule has 0 radical (unpaired) electrons. The van der Waals surface area contributed by atoms with Crippen LogP contribution in [0.5, 0.6) is 0 Å². The van der Waals surface area contributed by atoms with Gasteiger partial charge in [0.25, 0.3) is 0 Å². The lowest BCUT2D eigenvalue weighted by atomic mass is 9.86. The molecule has 4 aromatic rings. The van der Waals surface area contributed by atoms with E-state index in [9.17, 15) is 4.79 Å². The van der Waals surface area contributed by atoms with Crippen molar-refractivity contribution in [2.75, 3.05) is 0 Å². The molecule has 0 bridgehead atoms. The van der Waals surface area contributed by atoms with Gasteiger partial charge in [0.15, 0.2) is 0 Å². The molecule has 0 saturated carbocycles. The van der Waals surface area contributed by atoms with Crippen molar-refractivity contribution in [2.45, 2.75) is 26.2 Å². The van der Waals surface area contributed by atoms with E-state index in [-0.39, 0.29) is 11.0 Å². The zero-order valence-corrected chi connectivity index (χ0v) is 13.9. The van der Waals surface area contributed by atoms with Crippen molar-refractivity contribution in [1.82, 2.24) is 0 Å². The van der Waals surface area contributed by atoms with Crippen molar-refractivity contribution in [2.24, 2.45) is 0 Å². The minimum Gasteiger partial charge on any atom is -0.456 e. The van der Waals surface area contributed by atoms with Gasteiger partial charge < -0.3 is 8.83 Å². The van der Waals surface area contributed by atoms with E-state index in [1.165, 1.54) is 11.6 Å². The van der Waals surface area contributed by atoms with Crippen LogP contribution in [0.15, 0.2) is 68.2 Å². The van der Waals surface area contributed by atoms with Gasteiger partial charge in [0.1, 0.15) is 16.9 Å². The van der Waals surface area contributed by atoms with E-state index in [4.69, 9.17) is 8.83 Å². The average molecular weight is 318 g/mol. The summed E-state index contributed by atoms with van der Waals surface area (Å²) in [4.78, 5) is 12.0. The molecule has 0 N–H and O–H groups in total. The highest BCUT2D eigenvalue weighted by Crippen LogP contribution is 2.34. The van der Waals surface area contributed by atoms with Gasteiger partial charge in [-0.2, -0.15) is 0 Å². The van der Waals surface area contributed by atoms with Gasteiger partial charge in [-0.3, -0.25) is 0 Å². The van der Waals surface area contributed by atoms with Crippen LogP contribution in [-0.2, 0) is 5.41 Å². The van der Waals surface area contributed by atoms with Gasteiger partial charge in [-0.05, 0) is 35.2 Å². The van der Waals surface area contributed by atoms with E-state index in [0.29, 0.717) is 11.3 Å². The van der Waals surface area contributed by atoms with Crippen molar-refractivity contribution in [3.05, 3.63) is 70.6 Å². The lowest BCUT2D eigenvalue weighted by molar-refractivity contribution is 0.557. The summed E-state index contributed by atoms with van der Waals surface area (Å²) in [5.74, 6) is 0.681. The fourth-order valence-electron chi connectivity index (χ4n) is 2.95. The summed E-state index contributed by atoms with van der Waals surface area (Å²) in [5.41, 5.74) is 2.97. The van der Waals surface area contributed by atoms with Crippen LogP contribution < -0.4 is 5.63 Å². The van der Waals surface area contributed by atoms with Crippen molar-refractivity contribution < 1.29 is 8.83 Å². The van der Waals surface area contributed by atoms with Crippen molar-refractivity contribution in [1.29, 1.82) is 0 Å². The third kappa shape index (κ3) is 2.42. The zero-order chi connectivity index (χ0) is 16.9. The topological polar surface area (TPSA) is 43.4 Å². The van der Waals surface area contributed by atoms with Gasteiger partial charge >= 0.3 is 5.63 Å². The van der Waals surface area contributed by atoms with Gasteiger partial charge in [0.05, 0.1) is 0 Å². The maximum absolute atomic E-state index is 12.0. The van der Waals surface area contributed by atoms with E-state index >= 15 is 0 Å². The fraction of sp³-hybridized carbons (Fsp3) is 0.190. The first-order valence-electron chi connectivity index (χ1n) is 7.99. The van der Waals surface area contributed by atoms with Crippen molar-refractivity contribution in [3.8, 4) is 11.3 Å². The minimum atomic E-state index is -0.374. The summed E-state index contributed by atoms with van der Waals surface area (Å²) in [7, 11) is 0. The molecule has 0 aliphatic heterocycles. The van der Waals surface area contributed by atoms with Gasteiger partial charge in [-0.1, -0.05) is 45.0 Å². The van der Waals surface area contributed by atoms with Crippen LogP contribution in [0.2, 0.25) is 0 Å². The number of rotatable bonds is 1. The Morgan fingerprint density at radius 2 is 1.62 bits per heavy atom. The second-order valence-electron chi connectivity index (χ2n) is 7.09. The molecule has 0 amide bonds. The molecule has 2 aromatic heterocycles. The molecule has 0 aliphatic carbocycles. The van der Waals surface area contributed by atoms with Crippen LogP contribution in [-0.4, -0.2) is 0 Å². The van der Waals surface area contributed by atoms with E-state index in [1.54, 1.807) is 0 Å². The van der Waals surface area contributed by atoms with Gasteiger partial charge in [0, 0.05) is 22.4 Å². The maximum Gasteiger partial charge on any atom is 0.336 e. The van der Waals surface area contributed by atoms with Gasteiger partial charge in [-0.15, -0.1) is 0 Å². The molecule has 0 fully saturated rings. The Morgan fingerprint density at radius 1 is 0.833 bits per heavy atom. The Kier molecular flexibility index (Phi) is 3.14. The summed E-state index contributed by atoms with van der Waals surface area (Å²) < 4.78 is 11.3. The van der Waals surface area contributed by atoms with Crippen LogP contribution >= 0.6 is 0 Å². The lowest BCUT2D eigenvalue weighted by Gasteiger charge is -2.19. The highest BCUT2D eigenvalue weighted by molar-refractivity contribution is 5.95. The predicted molar refractivity (Wildman–Crippen MR) is 96.4 cm³/mol. The first-order chi connectivity index (χ1) is 11.4. The number of benzene rings is 2. The molecule has 24 heavy (non-hydrogen) atoms. The van der Waals surface area contributed by atoms with E-state index < -0.39 is 0 Å². The maximum atomic E-state index is 12.0. The second kappa shape index (κ2) is 5.10. The number of hydrogen-bond donors (Lipinski definition) is 0. The predicted octanol–water partition coefficient (Wildman–Crippen LogP) is 5.50. The smallest absolute Gasteiger partial charge is 0.336 e. The Morgan fingerprint density at radius 3 is 2.38 bits per heavy atom. The molecule has 0 unspecified atom stereocenters. The summed E-state index contributed by atoms with van der Waals surface area (Å²) in [6.45, 7) is 6.48. The molecule has 3 heteroatoms. The molecule has 0 atom stereocenters. The summed E-state index contributed by atoms with van der Waals surface area (Å²) >= 11 is 0.